The predicted octanol–water partition coefficient (Wildman–Crippen LogP) is 3.25. The maximum Gasteiger partial charge on any atom is 0.191 e. The van der Waals surface area contributed by atoms with Gasteiger partial charge in [0, 0.05) is 32.7 Å². The number of nitrogens with one attached hydrogen (secondary N) is 2. The highest BCUT2D eigenvalue weighted by Gasteiger charge is 2.15. The van der Waals surface area contributed by atoms with Gasteiger partial charge in [0.15, 0.2) is 17.6 Å². The number of benzene rings is 1. The van der Waals surface area contributed by atoms with E-state index in [4.69, 9.17) is 9.47 Å². The smallest absolute Gasteiger partial charge is 0.191 e. The van der Waals surface area contributed by atoms with Crippen molar-refractivity contribution in [2.24, 2.45) is 10.9 Å². The van der Waals surface area contributed by atoms with E-state index in [1.165, 1.54) is 6.07 Å². The molecule has 148 valence electrons. The van der Waals surface area contributed by atoms with E-state index in [1.54, 1.807) is 13.1 Å². The van der Waals surface area contributed by atoms with Crippen molar-refractivity contribution in [1.29, 1.82) is 0 Å². The molecular weight excluding hydrogens is 455 g/mol. The Labute approximate surface area is 171 Å². The van der Waals surface area contributed by atoms with Crippen LogP contribution in [0.25, 0.3) is 0 Å². The highest BCUT2D eigenvalue weighted by atomic mass is 127. The summed E-state index contributed by atoms with van der Waals surface area (Å²) in [6, 6.07) is 3.69. The van der Waals surface area contributed by atoms with Gasteiger partial charge < -0.3 is 20.1 Å². The highest BCUT2D eigenvalue weighted by molar-refractivity contribution is 14.0. The Morgan fingerprint density at radius 2 is 2.19 bits per heavy atom. The summed E-state index contributed by atoms with van der Waals surface area (Å²) in [7, 11) is 1.67. The van der Waals surface area contributed by atoms with Crippen LogP contribution in [-0.2, 0) is 9.47 Å². The molecule has 1 aliphatic heterocycles. The number of ether oxygens (including phenoxy) is 2. The molecule has 0 amide bonds. The van der Waals surface area contributed by atoms with Crippen LogP contribution >= 0.6 is 24.0 Å². The van der Waals surface area contributed by atoms with Crippen molar-refractivity contribution >= 4 is 29.9 Å². The minimum Gasteiger partial charge on any atom is -0.381 e. The number of hydrogen-bond acceptors (Lipinski definition) is 3. The van der Waals surface area contributed by atoms with Crippen LogP contribution in [0.5, 0.6) is 0 Å². The molecular formula is C18H28F2IN3O2. The van der Waals surface area contributed by atoms with Crippen molar-refractivity contribution in [3.05, 3.63) is 35.4 Å². The van der Waals surface area contributed by atoms with Gasteiger partial charge in [0.1, 0.15) is 0 Å². The molecule has 2 N–H and O–H groups in total. The first-order valence-corrected chi connectivity index (χ1v) is 8.67. The van der Waals surface area contributed by atoms with Gasteiger partial charge in [-0.15, -0.1) is 24.0 Å². The van der Waals surface area contributed by atoms with E-state index in [2.05, 4.69) is 15.6 Å². The van der Waals surface area contributed by atoms with E-state index in [0.29, 0.717) is 30.6 Å². The lowest BCUT2D eigenvalue weighted by Gasteiger charge is -2.18. The first-order valence-electron chi connectivity index (χ1n) is 8.67. The largest absolute Gasteiger partial charge is 0.381 e. The quantitative estimate of drug-likeness (QED) is 0.258. The molecule has 5 nitrogen and oxygen atoms in total. The summed E-state index contributed by atoms with van der Waals surface area (Å²) in [5.41, 5.74) is 0.656. The Kier molecular flexibility index (Phi) is 11.0. The molecule has 1 aromatic carbocycles. The molecule has 1 aliphatic rings. The van der Waals surface area contributed by atoms with Crippen molar-refractivity contribution in [2.45, 2.75) is 25.8 Å². The molecule has 1 fully saturated rings. The fourth-order valence-corrected chi connectivity index (χ4v) is 2.61. The third-order valence-electron chi connectivity index (χ3n) is 4.16. The Morgan fingerprint density at radius 3 is 2.85 bits per heavy atom. The second kappa shape index (κ2) is 12.4. The molecule has 1 aromatic rings. The molecule has 2 rings (SSSR count). The van der Waals surface area contributed by atoms with Crippen molar-refractivity contribution in [2.75, 3.05) is 40.0 Å². The third kappa shape index (κ3) is 7.71. The van der Waals surface area contributed by atoms with E-state index in [1.807, 2.05) is 6.92 Å². The van der Waals surface area contributed by atoms with Crippen molar-refractivity contribution in [3.8, 4) is 0 Å². The molecule has 0 saturated carbocycles. The average Bonchev–Trinajstić information content (AvgIpc) is 3.12. The summed E-state index contributed by atoms with van der Waals surface area (Å²) >= 11 is 0. The van der Waals surface area contributed by atoms with Gasteiger partial charge in [0.25, 0.3) is 0 Å². The molecule has 1 saturated heterocycles. The van der Waals surface area contributed by atoms with Crippen LogP contribution in [-0.4, -0.2) is 46.0 Å². The SMILES string of the molecule is CN=C(NCCCOCC1CCOC1)NC(C)c1ccc(F)c(F)c1.I. The molecule has 0 radical (unpaired) electrons. The van der Waals surface area contributed by atoms with Gasteiger partial charge in [-0.25, -0.2) is 8.78 Å². The second-order valence-electron chi connectivity index (χ2n) is 6.20. The summed E-state index contributed by atoms with van der Waals surface area (Å²) in [6.07, 6.45) is 1.94. The first-order chi connectivity index (χ1) is 12.1. The van der Waals surface area contributed by atoms with Crippen LogP contribution in [0.15, 0.2) is 23.2 Å². The van der Waals surface area contributed by atoms with Crippen molar-refractivity contribution in [1.82, 2.24) is 10.6 Å². The number of nitrogens with zero attached hydrogens (tertiary/aromatic N) is 1. The lowest BCUT2D eigenvalue weighted by atomic mass is 10.1. The molecule has 2 unspecified atom stereocenters. The fourth-order valence-electron chi connectivity index (χ4n) is 2.61. The number of aliphatic imine (C=N–C) groups is 1. The normalized spacial score (nSPS) is 18.3. The van der Waals surface area contributed by atoms with E-state index < -0.39 is 11.6 Å². The van der Waals surface area contributed by atoms with Gasteiger partial charge in [-0.05, 0) is 37.5 Å². The van der Waals surface area contributed by atoms with Crippen LogP contribution < -0.4 is 10.6 Å². The van der Waals surface area contributed by atoms with E-state index in [9.17, 15) is 8.78 Å². The summed E-state index contributed by atoms with van der Waals surface area (Å²) < 4.78 is 37.3. The summed E-state index contributed by atoms with van der Waals surface area (Å²) in [5, 5.41) is 6.35. The standard InChI is InChI=1S/C18H27F2N3O2.HI/c1-13(15-4-5-16(19)17(20)10-15)23-18(21-2)22-7-3-8-24-11-14-6-9-25-12-14;/h4-5,10,13-14H,3,6-9,11-12H2,1-2H3,(H2,21,22,23);1H. The number of halogens is 3. The zero-order chi connectivity index (χ0) is 18.1. The maximum atomic E-state index is 13.3. The maximum absolute atomic E-state index is 13.3. The average molecular weight is 483 g/mol. The monoisotopic (exact) mass is 483 g/mol. The zero-order valence-corrected chi connectivity index (χ0v) is 17.6. The van der Waals surface area contributed by atoms with Gasteiger partial charge in [-0.3, -0.25) is 4.99 Å². The van der Waals surface area contributed by atoms with Crippen LogP contribution in [0.2, 0.25) is 0 Å². The minimum atomic E-state index is -0.848. The second-order valence-corrected chi connectivity index (χ2v) is 6.20. The number of rotatable bonds is 8. The van der Waals surface area contributed by atoms with Crippen LogP contribution in [0.3, 0.4) is 0 Å². The van der Waals surface area contributed by atoms with Crippen molar-refractivity contribution in [3.63, 3.8) is 0 Å². The summed E-state index contributed by atoms with van der Waals surface area (Å²) in [6.45, 7) is 5.65. The van der Waals surface area contributed by atoms with Crippen LogP contribution in [0.1, 0.15) is 31.4 Å². The van der Waals surface area contributed by atoms with E-state index in [0.717, 1.165) is 38.7 Å². The zero-order valence-electron chi connectivity index (χ0n) is 15.3. The van der Waals surface area contributed by atoms with E-state index in [-0.39, 0.29) is 30.0 Å². The molecule has 0 aromatic heterocycles. The fraction of sp³-hybridized carbons (Fsp3) is 0.611. The van der Waals surface area contributed by atoms with Crippen LogP contribution in [0, 0.1) is 17.6 Å². The topological polar surface area (TPSA) is 54.9 Å². The Balaban J connectivity index is 0.00000338. The molecule has 2 atom stereocenters. The molecule has 26 heavy (non-hydrogen) atoms. The summed E-state index contributed by atoms with van der Waals surface area (Å²) in [5.74, 6) is -0.553. The summed E-state index contributed by atoms with van der Waals surface area (Å²) in [4.78, 5) is 4.14. The number of hydrogen-bond donors (Lipinski definition) is 2. The molecule has 0 aliphatic carbocycles. The van der Waals surface area contributed by atoms with Gasteiger partial charge in [-0.2, -0.15) is 0 Å². The van der Waals surface area contributed by atoms with Crippen molar-refractivity contribution < 1.29 is 18.3 Å². The van der Waals surface area contributed by atoms with Gasteiger partial charge in [-0.1, -0.05) is 6.07 Å². The molecule has 0 bridgehead atoms. The predicted molar refractivity (Wildman–Crippen MR) is 109 cm³/mol. The Hall–Kier alpha value is -1.00. The lowest BCUT2D eigenvalue weighted by Crippen LogP contribution is -2.39. The lowest BCUT2D eigenvalue weighted by molar-refractivity contribution is 0.0888. The van der Waals surface area contributed by atoms with Gasteiger partial charge in [0.05, 0.1) is 19.3 Å². The minimum absolute atomic E-state index is 0. The van der Waals surface area contributed by atoms with Crippen LogP contribution in [0.4, 0.5) is 8.78 Å². The molecule has 8 heteroatoms. The first kappa shape index (κ1) is 23.0. The van der Waals surface area contributed by atoms with E-state index >= 15 is 0 Å². The molecule has 0 spiro atoms. The number of guanidine groups is 1. The van der Waals surface area contributed by atoms with Gasteiger partial charge >= 0.3 is 0 Å². The Morgan fingerprint density at radius 1 is 1.38 bits per heavy atom. The van der Waals surface area contributed by atoms with Gasteiger partial charge in [0.2, 0.25) is 0 Å². The Bertz CT molecular complexity index is 569. The third-order valence-corrected chi connectivity index (χ3v) is 4.16. The highest BCUT2D eigenvalue weighted by Crippen LogP contribution is 2.15. The molecule has 1 heterocycles.